The van der Waals surface area contributed by atoms with Crippen molar-refractivity contribution >= 4 is 42.5 Å². The third-order valence-electron chi connectivity index (χ3n) is 4.43. The molecule has 0 unspecified atom stereocenters. The first kappa shape index (κ1) is 23.8. The van der Waals surface area contributed by atoms with Gasteiger partial charge in [-0.15, -0.1) is 24.8 Å². The molecular formula is C18H26Cl2N4O2S. The summed E-state index contributed by atoms with van der Waals surface area (Å²) < 4.78 is 5.09. The molecular weight excluding hydrogens is 407 g/mol. The SMILES string of the molecule is CNCC1CCN(C(=O)c2cccnc2SCc2cc(C)on2)CC1.Cl.Cl. The molecule has 1 aliphatic heterocycles. The van der Waals surface area contributed by atoms with E-state index in [-0.39, 0.29) is 30.7 Å². The fraction of sp³-hybridized carbons (Fsp3) is 0.500. The Labute approximate surface area is 176 Å². The van der Waals surface area contributed by atoms with E-state index in [2.05, 4.69) is 15.5 Å². The Bertz CT molecular complexity index is 721. The zero-order valence-electron chi connectivity index (χ0n) is 15.5. The number of rotatable bonds is 6. The molecule has 1 saturated heterocycles. The lowest BCUT2D eigenvalue weighted by Crippen LogP contribution is -2.40. The van der Waals surface area contributed by atoms with Gasteiger partial charge in [-0.05, 0) is 51.4 Å². The third-order valence-corrected chi connectivity index (χ3v) is 5.47. The highest BCUT2D eigenvalue weighted by Crippen LogP contribution is 2.26. The number of carbonyl (C=O) groups excluding carboxylic acids is 1. The Morgan fingerprint density at radius 3 is 2.74 bits per heavy atom. The molecule has 0 spiro atoms. The number of likely N-dealkylation sites (tertiary alicyclic amines) is 1. The molecule has 1 fully saturated rings. The molecule has 1 amide bonds. The summed E-state index contributed by atoms with van der Waals surface area (Å²) in [6.07, 6.45) is 3.83. The van der Waals surface area contributed by atoms with E-state index < -0.39 is 0 Å². The maximum atomic E-state index is 12.9. The summed E-state index contributed by atoms with van der Waals surface area (Å²) in [6.45, 7) is 4.51. The normalized spacial score (nSPS) is 14.4. The summed E-state index contributed by atoms with van der Waals surface area (Å²) in [5.74, 6) is 2.16. The maximum Gasteiger partial charge on any atom is 0.256 e. The predicted molar refractivity (Wildman–Crippen MR) is 112 cm³/mol. The smallest absolute Gasteiger partial charge is 0.256 e. The van der Waals surface area contributed by atoms with E-state index in [1.807, 2.05) is 37.1 Å². The van der Waals surface area contributed by atoms with Crippen LogP contribution in [0.4, 0.5) is 0 Å². The van der Waals surface area contributed by atoms with E-state index in [9.17, 15) is 4.79 Å². The van der Waals surface area contributed by atoms with Crippen LogP contribution in [0.1, 0.15) is 34.7 Å². The van der Waals surface area contributed by atoms with Gasteiger partial charge in [0.25, 0.3) is 5.91 Å². The number of carbonyl (C=O) groups is 1. The molecule has 150 valence electrons. The third kappa shape index (κ3) is 6.38. The van der Waals surface area contributed by atoms with Gasteiger partial charge >= 0.3 is 0 Å². The molecule has 0 bridgehead atoms. The number of aromatic nitrogens is 2. The first-order valence-corrected chi connectivity index (χ1v) is 9.60. The molecule has 2 aromatic heterocycles. The highest BCUT2D eigenvalue weighted by atomic mass is 35.5. The highest BCUT2D eigenvalue weighted by Gasteiger charge is 2.25. The van der Waals surface area contributed by atoms with Crippen LogP contribution in [0, 0.1) is 12.8 Å². The van der Waals surface area contributed by atoms with Crippen molar-refractivity contribution in [3.63, 3.8) is 0 Å². The average Bonchev–Trinajstić information content (AvgIpc) is 3.06. The van der Waals surface area contributed by atoms with E-state index in [4.69, 9.17) is 4.52 Å². The van der Waals surface area contributed by atoms with E-state index in [1.165, 1.54) is 11.8 Å². The number of piperidine rings is 1. The predicted octanol–water partition coefficient (Wildman–Crippen LogP) is 3.59. The Kier molecular flexibility index (Phi) is 10.2. The second-order valence-corrected chi connectivity index (χ2v) is 7.33. The molecule has 2 aromatic rings. The number of amides is 1. The van der Waals surface area contributed by atoms with Crippen molar-refractivity contribution in [1.82, 2.24) is 20.4 Å². The van der Waals surface area contributed by atoms with Crippen LogP contribution in [0.5, 0.6) is 0 Å². The lowest BCUT2D eigenvalue weighted by molar-refractivity contribution is 0.0686. The van der Waals surface area contributed by atoms with Crippen LogP contribution in [0.25, 0.3) is 0 Å². The standard InChI is InChI=1S/C18H24N4O2S.2ClH/c1-13-10-15(21-24-13)12-25-17-16(4-3-7-20-17)18(23)22-8-5-14(6-9-22)11-19-2;;/h3-4,7,10,14,19H,5-6,8-9,11-12H2,1-2H3;2*1H. The second kappa shape index (κ2) is 11.5. The number of halogens is 2. The minimum Gasteiger partial charge on any atom is -0.361 e. The molecule has 1 N–H and O–H groups in total. The van der Waals surface area contributed by atoms with Crippen LogP contribution in [0.3, 0.4) is 0 Å². The fourth-order valence-electron chi connectivity index (χ4n) is 3.10. The van der Waals surface area contributed by atoms with Gasteiger partial charge < -0.3 is 14.7 Å². The number of aryl methyl sites for hydroxylation is 1. The number of thioether (sulfide) groups is 1. The number of nitrogens with zero attached hydrogens (tertiary/aromatic N) is 3. The summed E-state index contributed by atoms with van der Waals surface area (Å²) in [6, 6.07) is 5.60. The van der Waals surface area contributed by atoms with Crippen LogP contribution in [0.15, 0.2) is 33.9 Å². The molecule has 0 saturated carbocycles. The zero-order chi connectivity index (χ0) is 17.6. The first-order chi connectivity index (χ1) is 12.2. The number of hydrogen-bond acceptors (Lipinski definition) is 6. The maximum absolute atomic E-state index is 12.9. The molecule has 0 aromatic carbocycles. The Balaban J connectivity index is 0.00000182. The lowest BCUT2D eigenvalue weighted by Gasteiger charge is -2.32. The molecule has 0 aliphatic carbocycles. The van der Waals surface area contributed by atoms with Crippen molar-refractivity contribution in [2.45, 2.75) is 30.5 Å². The molecule has 27 heavy (non-hydrogen) atoms. The van der Waals surface area contributed by atoms with Gasteiger partial charge in [0.1, 0.15) is 10.8 Å². The number of hydrogen-bond donors (Lipinski definition) is 1. The average molecular weight is 433 g/mol. The molecule has 1 aliphatic rings. The summed E-state index contributed by atoms with van der Waals surface area (Å²) in [5, 5.41) is 7.98. The van der Waals surface area contributed by atoms with Gasteiger partial charge in [-0.25, -0.2) is 4.98 Å². The van der Waals surface area contributed by atoms with Gasteiger partial charge in [-0.3, -0.25) is 4.79 Å². The topological polar surface area (TPSA) is 71.3 Å². The van der Waals surface area contributed by atoms with Crippen LogP contribution in [-0.4, -0.2) is 47.6 Å². The summed E-state index contributed by atoms with van der Waals surface area (Å²) in [5.41, 5.74) is 1.54. The van der Waals surface area contributed by atoms with Crippen molar-refractivity contribution in [1.29, 1.82) is 0 Å². The van der Waals surface area contributed by atoms with Gasteiger partial charge in [0.05, 0.1) is 11.3 Å². The van der Waals surface area contributed by atoms with Crippen LogP contribution < -0.4 is 5.32 Å². The minimum absolute atomic E-state index is 0. The zero-order valence-corrected chi connectivity index (χ0v) is 18.0. The van der Waals surface area contributed by atoms with Crippen LogP contribution >= 0.6 is 36.6 Å². The van der Waals surface area contributed by atoms with Crippen molar-refractivity contribution in [3.8, 4) is 0 Å². The first-order valence-electron chi connectivity index (χ1n) is 8.61. The van der Waals surface area contributed by atoms with Gasteiger partial charge in [0.2, 0.25) is 0 Å². The van der Waals surface area contributed by atoms with E-state index in [1.54, 1.807) is 6.20 Å². The Hall–Kier alpha value is -1.28. The van der Waals surface area contributed by atoms with E-state index >= 15 is 0 Å². The molecule has 6 nitrogen and oxygen atoms in total. The van der Waals surface area contributed by atoms with Crippen LogP contribution in [-0.2, 0) is 5.75 Å². The van der Waals surface area contributed by atoms with Gasteiger partial charge in [0, 0.05) is 31.1 Å². The van der Waals surface area contributed by atoms with Gasteiger partial charge in [-0.1, -0.05) is 16.9 Å². The van der Waals surface area contributed by atoms with Crippen molar-refractivity contribution in [3.05, 3.63) is 41.4 Å². The largest absolute Gasteiger partial charge is 0.361 e. The molecule has 9 heteroatoms. The Morgan fingerprint density at radius 2 is 2.11 bits per heavy atom. The highest BCUT2D eigenvalue weighted by molar-refractivity contribution is 7.98. The quantitative estimate of drug-likeness (QED) is 0.703. The molecule has 3 heterocycles. The monoisotopic (exact) mass is 432 g/mol. The Morgan fingerprint density at radius 1 is 1.37 bits per heavy atom. The van der Waals surface area contributed by atoms with Crippen LogP contribution in [0.2, 0.25) is 0 Å². The number of nitrogens with one attached hydrogen (secondary N) is 1. The summed E-state index contributed by atoms with van der Waals surface area (Å²) in [7, 11) is 1.98. The van der Waals surface area contributed by atoms with Crippen molar-refractivity contribution < 1.29 is 9.32 Å². The van der Waals surface area contributed by atoms with Crippen molar-refractivity contribution in [2.24, 2.45) is 5.92 Å². The second-order valence-electron chi connectivity index (χ2n) is 6.37. The lowest BCUT2D eigenvalue weighted by atomic mass is 9.96. The van der Waals surface area contributed by atoms with Gasteiger partial charge in [-0.2, -0.15) is 0 Å². The fourth-order valence-corrected chi connectivity index (χ4v) is 3.96. The molecule has 0 radical (unpaired) electrons. The molecule has 3 rings (SSSR count). The van der Waals surface area contributed by atoms with E-state index in [0.717, 1.165) is 49.0 Å². The summed E-state index contributed by atoms with van der Waals surface area (Å²) >= 11 is 1.52. The van der Waals surface area contributed by atoms with Gasteiger partial charge in [0.15, 0.2) is 0 Å². The molecule has 0 atom stereocenters. The number of pyridine rings is 1. The minimum atomic E-state index is 0. The summed E-state index contributed by atoms with van der Waals surface area (Å²) in [4.78, 5) is 19.3. The van der Waals surface area contributed by atoms with E-state index in [0.29, 0.717) is 17.2 Å². The van der Waals surface area contributed by atoms with Crippen molar-refractivity contribution in [2.75, 3.05) is 26.7 Å².